The van der Waals surface area contributed by atoms with E-state index in [1.54, 1.807) is 0 Å². The summed E-state index contributed by atoms with van der Waals surface area (Å²) in [5.74, 6) is -0.822. The number of aliphatic hydroxyl groups excluding tert-OH is 1. The Hall–Kier alpha value is -1.58. The van der Waals surface area contributed by atoms with Crippen molar-refractivity contribution in [2.75, 3.05) is 19.7 Å². The molecule has 9 heteroatoms. The number of nitrogens with zero attached hydrogens (tertiary/aromatic N) is 1. The van der Waals surface area contributed by atoms with E-state index >= 15 is 0 Å². The first kappa shape index (κ1) is 17.5. The van der Waals surface area contributed by atoms with Crippen LogP contribution in [0.25, 0.3) is 0 Å². The summed E-state index contributed by atoms with van der Waals surface area (Å²) in [6, 6.07) is 4.42. The van der Waals surface area contributed by atoms with E-state index in [2.05, 4.69) is 11.3 Å². The first-order chi connectivity index (χ1) is 9.72. The number of hydrogen-bond donors (Lipinski definition) is 1. The molecule has 1 rings (SSSR count). The van der Waals surface area contributed by atoms with Crippen LogP contribution in [0.4, 0.5) is 13.2 Å². The van der Waals surface area contributed by atoms with Gasteiger partial charge in [-0.05, 0) is 12.1 Å². The molecule has 21 heavy (non-hydrogen) atoms. The maximum atomic E-state index is 12.3. The average Bonchev–Trinajstić information content (AvgIpc) is 2.37. The van der Waals surface area contributed by atoms with E-state index in [0.717, 1.165) is 16.4 Å². The molecule has 0 saturated heterocycles. The van der Waals surface area contributed by atoms with Crippen LogP contribution in [0.1, 0.15) is 0 Å². The summed E-state index contributed by atoms with van der Waals surface area (Å²) >= 11 is 0. The van der Waals surface area contributed by atoms with E-state index in [-0.39, 0.29) is 13.1 Å². The van der Waals surface area contributed by atoms with E-state index < -0.39 is 33.6 Å². The Kier molecular flexibility index (Phi) is 5.76. The summed E-state index contributed by atoms with van der Waals surface area (Å²) in [5.41, 5.74) is 0. The van der Waals surface area contributed by atoms with Crippen molar-refractivity contribution in [1.29, 1.82) is 0 Å². The van der Waals surface area contributed by atoms with Gasteiger partial charge in [-0.15, -0.1) is 19.8 Å². The van der Waals surface area contributed by atoms with Crippen molar-refractivity contribution in [3.05, 3.63) is 36.9 Å². The van der Waals surface area contributed by atoms with Gasteiger partial charge >= 0.3 is 6.36 Å². The predicted octanol–water partition coefficient (Wildman–Crippen LogP) is 1.75. The standard InChI is InChI=1S/C12H14F3NO4S/c1-2-7-16(8-9-17)21(18,19)11-6-4-3-5-10(11)20-12(13,14)15/h2-6,17H,1,7-9H2. The summed E-state index contributed by atoms with van der Waals surface area (Å²) in [6.07, 6.45) is -3.74. The minimum atomic E-state index is -5.01. The molecule has 0 aliphatic heterocycles. The third kappa shape index (κ3) is 4.73. The van der Waals surface area contributed by atoms with Gasteiger partial charge in [0.15, 0.2) is 0 Å². The van der Waals surface area contributed by atoms with Crippen molar-refractivity contribution in [1.82, 2.24) is 4.31 Å². The third-order valence-corrected chi connectivity index (χ3v) is 4.28. The molecule has 0 atom stereocenters. The molecule has 0 spiro atoms. The van der Waals surface area contributed by atoms with Gasteiger partial charge in [-0.1, -0.05) is 18.2 Å². The van der Waals surface area contributed by atoms with Crippen LogP contribution < -0.4 is 4.74 Å². The van der Waals surface area contributed by atoms with Crippen molar-refractivity contribution in [3.63, 3.8) is 0 Å². The minimum Gasteiger partial charge on any atom is -0.404 e. The number of ether oxygens (including phenoxy) is 1. The van der Waals surface area contributed by atoms with Gasteiger partial charge in [0, 0.05) is 13.1 Å². The van der Waals surface area contributed by atoms with Gasteiger partial charge in [-0.3, -0.25) is 0 Å². The Morgan fingerprint density at radius 2 is 1.95 bits per heavy atom. The highest BCUT2D eigenvalue weighted by atomic mass is 32.2. The maximum absolute atomic E-state index is 12.3. The molecule has 1 N–H and O–H groups in total. The fourth-order valence-electron chi connectivity index (χ4n) is 1.58. The molecule has 5 nitrogen and oxygen atoms in total. The molecule has 1 aromatic rings. The van der Waals surface area contributed by atoms with Crippen LogP contribution in [0.15, 0.2) is 41.8 Å². The number of benzene rings is 1. The van der Waals surface area contributed by atoms with E-state index in [0.29, 0.717) is 0 Å². The monoisotopic (exact) mass is 325 g/mol. The van der Waals surface area contributed by atoms with Crippen LogP contribution in [0.3, 0.4) is 0 Å². The summed E-state index contributed by atoms with van der Waals surface area (Å²) in [5, 5.41) is 8.88. The Balaban J connectivity index is 3.27. The lowest BCUT2D eigenvalue weighted by Gasteiger charge is -2.21. The van der Waals surface area contributed by atoms with Crippen LogP contribution >= 0.6 is 0 Å². The molecule has 0 heterocycles. The molecule has 1 aromatic carbocycles. The molecule has 0 amide bonds. The number of hydrogen-bond acceptors (Lipinski definition) is 4. The first-order valence-electron chi connectivity index (χ1n) is 5.79. The van der Waals surface area contributed by atoms with Crippen LogP contribution in [0.5, 0.6) is 5.75 Å². The molecule has 0 radical (unpaired) electrons. The average molecular weight is 325 g/mol. The molecule has 0 aromatic heterocycles. The van der Waals surface area contributed by atoms with Crippen molar-refractivity contribution >= 4 is 10.0 Å². The third-order valence-electron chi connectivity index (χ3n) is 2.37. The van der Waals surface area contributed by atoms with Gasteiger partial charge in [0.2, 0.25) is 10.0 Å². The molecule has 0 saturated carbocycles. The summed E-state index contributed by atoms with van der Waals surface area (Å²) in [6.45, 7) is 2.48. The van der Waals surface area contributed by atoms with Crippen LogP contribution in [0, 0.1) is 0 Å². The lowest BCUT2D eigenvalue weighted by Crippen LogP contribution is -2.34. The van der Waals surface area contributed by atoms with E-state index in [4.69, 9.17) is 5.11 Å². The highest BCUT2D eigenvalue weighted by Crippen LogP contribution is 2.31. The van der Waals surface area contributed by atoms with Gasteiger partial charge in [-0.2, -0.15) is 4.31 Å². The fraction of sp³-hybridized carbons (Fsp3) is 0.333. The van der Waals surface area contributed by atoms with Crippen molar-refractivity contribution in [2.45, 2.75) is 11.3 Å². The Labute approximate surface area is 120 Å². The van der Waals surface area contributed by atoms with Gasteiger partial charge in [0.1, 0.15) is 10.6 Å². The Bertz CT molecular complexity index is 586. The van der Waals surface area contributed by atoms with Crippen molar-refractivity contribution in [2.24, 2.45) is 0 Å². The Morgan fingerprint density at radius 3 is 2.48 bits per heavy atom. The number of alkyl halides is 3. The zero-order valence-corrected chi connectivity index (χ0v) is 11.7. The number of rotatable bonds is 7. The highest BCUT2D eigenvalue weighted by molar-refractivity contribution is 7.89. The second-order valence-corrected chi connectivity index (χ2v) is 5.78. The second-order valence-electron chi connectivity index (χ2n) is 3.87. The quantitative estimate of drug-likeness (QED) is 0.776. The summed E-state index contributed by atoms with van der Waals surface area (Å²) in [7, 11) is -4.25. The smallest absolute Gasteiger partial charge is 0.404 e. The van der Waals surface area contributed by atoms with E-state index in [1.807, 2.05) is 0 Å². The normalized spacial score (nSPS) is 12.4. The predicted molar refractivity (Wildman–Crippen MR) is 69.2 cm³/mol. The SMILES string of the molecule is C=CCN(CCO)S(=O)(=O)c1ccccc1OC(F)(F)F. The van der Waals surface area contributed by atoms with Gasteiger partial charge in [0.25, 0.3) is 0 Å². The number of sulfonamides is 1. The zero-order valence-electron chi connectivity index (χ0n) is 10.9. The molecular formula is C12H14F3NO4S. The largest absolute Gasteiger partial charge is 0.573 e. The van der Waals surface area contributed by atoms with Crippen LogP contribution in [-0.4, -0.2) is 43.9 Å². The lowest BCUT2D eigenvalue weighted by molar-refractivity contribution is -0.275. The van der Waals surface area contributed by atoms with Crippen molar-refractivity contribution in [3.8, 4) is 5.75 Å². The molecule has 118 valence electrons. The number of halogens is 3. The van der Waals surface area contributed by atoms with Crippen LogP contribution in [0.2, 0.25) is 0 Å². The van der Waals surface area contributed by atoms with E-state index in [1.165, 1.54) is 18.2 Å². The molecule has 0 aliphatic rings. The summed E-state index contributed by atoms with van der Waals surface area (Å²) < 4.78 is 66.2. The zero-order chi connectivity index (χ0) is 16.1. The Morgan fingerprint density at radius 1 is 1.33 bits per heavy atom. The van der Waals surface area contributed by atoms with E-state index in [9.17, 15) is 21.6 Å². The fourth-order valence-corrected chi connectivity index (χ4v) is 3.09. The number of para-hydroxylation sites is 1. The van der Waals surface area contributed by atoms with Gasteiger partial charge < -0.3 is 9.84 Å². The maximum Gasteiger partial charge on any atom is 0.573 e. The van der Waals surface area contributed by atoms with Gasteiger partial charge in [-0.25, -0.2) is 8.42 Å². The number of aliphatic hydroxyl groups is 1. The van der Waals surface area contributed by atoms with Gasteiger partial charge in [0.05, 0.1) is 6.61 Å². The summed E-state index contributed by atoms with van der Waals surface area (Å²) in [4.78, 5) is -0.627. The minimum absolute atomic E-state index is 0.150. The topological polar surface area (TPSA) is 66.8 Å². The van der Waals surface area contributed by atoms with Crippen molar-refractivity contribution < 1.29 is 31.4 Å². The second kappa shape index (κ2) is 6.92. The lowest BCUT2D eigenvalue weighted by atomic mass is 10.3. The molecule has 0 bridgehead atoms. The highest BCUT2D eigenvalue weighted by Gasteiger charge is 2.35. The molecule has 0 aliphatic carbocycles. The molecule has 0 fully saturated rings. The van der Waals surface area contributed by atoms with Crippen LogP contribution in [-0.2, 0) is 10.0 Å². The molecular weight excluding hydrogens is 311 g/mol. The first-order valence-corrected chi connectivity index (χ1v) is 7.23. The molecule has 0 unspecified atom stereocenters.